The molecule has 2 N–H and O–H groups in total. The molecule has 0 aliphatic rings. The molecule has 0 radical (unpaired) electrons. The minimum Gasteiger partial charge on any atom is -0.508 e. The average Bonchev–Trinajstić information content (AvgIpc) is 2.34. The molecule has 2 aromatic rings. The van der Waals surface area contributed by atoms with Crippen LogP contribution >= 0.6 is 11.6 Å². The van der Waals surface area contributed by atoms with Gasteiger partial charge in [-0.05, 0) is 36.4 Å². The number of phenols is 1. The Labute approximate surface area is 108 Å². The molecule has 0 spiro atoms. The number of hydrogen-bond acceptors (Lipinski definition) is 2. The highest BCUT2D eigenvalue weighted by Gasteiger charge is 2.08. The van der Waals surface area contributed by atoms with Gasteiger partial charge >= 0.3 is 0 Å². The zero-order chi connectivity index (χ0) is 13.1. The van der Waals surface area contributed by atoms with Crippen LogP contribution in [0.3, 0.4) is 0 Å². The summed E-state index contributed by atoms with van der Waals surface area (Å²) in [7, 11) is 0. The summed E-state index contributed by atoms with van der Waals surface area (Å²) in [5.74, 6) is -1.05. The van der Waals surface area contributed by atoms with Crippen LogP contribution in [0.15, 0.2) is 42.5 Å². The molecule has 3 nitrogen and oxygen atoms in total. The van der Waals surface area contributed by atoms with Gasteiger partial charge in [-0.15, -0.1) is 0 Å². The van der Waals surface area contributed by atoms with Crippen LogP contribution in [-0.4, -0.2) is 11.0 Å². The molecule has 0 aromatic heterocycles. The number of hydrogen-bond donors (Lipinski definition) is 2. The standard InChI is InChI=1S/C13H9ClFNO2/c14-11-5-4-9(7-12(11)15)16-13(18)8-2-1-3-10(17)6-8/h1-7,17H,(H,16,18). The molecule has 2 aromatic carbocycles. The fourth-order valence-electron chi connectivity index (χ4n) is 1.42. The summed E-state index contributed by atoms with van der Waals surface area (Å²) in [4.78, 5) is 11.8. The van der Waals surface area contributed by atoms with E-state index < -0.39 is 11.7 Å². The van der Waals surface area contributed by atoms with Gasteiger partial charge in [0.05, 0.1) is 5.02 Å². The first kappa shape index (κ1) is 12.4. The molecule has 0 fully saturated rings. The van der Waals surface area contributed by atoms with Crippen molar-refractivity contribution in [2.45, 2.75) is 0 Å². The third-order valence-corrected chi connectivity index (χ3v) is 2.59. The normalized spacial score (nSPS) is 10.1. The zero-order valence-electron chi connectivity index (χ0n) is 9.15. The van der Waals surface area contributed by atoms with Gasteiger partial charge in [0.2, 0.25) is 0 Å². The van der Waals surface area contributed by atoms with Gasteiger partial charge in [0.1, 0.15) is 11.6 Å². The SMILES string of the molecule is O=C(Nc1ccc(Cl)c(F)c1)c1cccc(O)c1. The molecule has 92 valence electrons. The first-order chi connectivity index (χ1) is 8.56. The molecular weight excluding hydrogens is 257 g/mol. The molecule has 2 rings (SSSR count). The number of anilines is 1. The molecule has 5 heteroatoms. The van der Waals surface area contributed by atoms with Crippen LogP contribution in [0.25, 0.3) is 0 Å². The predicted octanol–water partition coefficient (Wildman–Crippen LogP) is 3.44. The highest BCUT2D eigenvalue weighted by molar-refractivity contribution is 6.30. The van der Waals surface area contributed by atoms with Gasteiger partial charge < -0.3 is 10.4 Å². The monoisotopic (exact) mass is 265 g/mol. The van der Waals surface area contributed by atoms with Crippen LogP contribution in [0.1, 0.15) is 10.4 Å². The summed E-state index contributed by atoms with van der Waals surface area (Å²) < 4.78 is 13.2. The Kier molecular flexibility index (Phi) is 3.48. The lowest BCUT2D eigenvalue weighted by atomic mass is 10.2. The van der Waals surface area contributed by atoms with Crippen LogP contribution in [0, 0.1) is 5.82 Å². The number of rotatable bonds is 2. The topological polar surface area (TPSA) is 49.3 Å². The molecule has 0 unspecified atom stereocenters. The number of phenolic OH excluding ortho intramolecular Hbond substituents is 1. The third kappa shape index (κ3) is 2.78. The Bertz CT molecular complexity index is 601. The Morgan fingerprint density at radius 2 is 2.00 bits per heavy atom. The van der Waals surface area contributed by atoms with E-state index in [9.17, 15) is 14.3 Å². The molecule has 1 amide bonds. The third-order valence-electron chi connectivity index (χ3n) is 2.29. The lowest BCUT2D eigenvalue weighted by Crippen LogP contribution is -2.11. The number of halogens is 2. The van der Waals surface area contributed by atoms with Gasteiger partial charge in [-0.25, -0.2) is 4.39 Å². The van der Waals surface area contributed by atoms with Crippen molar-refractivity contribution in [3.8, 4) is 5.75 Å². The Morgan fingerprint density at radius 1 is 1.22 bits per heavy atom. The van der Waals surface area contributed by atoms with Crippen LogP contribution in [0.2, 0.25) is 5.02 Å². The number of nitrogens with one attached hydrogen (secondary N) is 1. The summed E-state index contributed by atoms with van der Waals surface area (Å²) in [5.41, 5.74) is 0.579. The quantitative estimate of drug-likeness (QED) is 0.874. The lowest BCUT2D eigenvalue weighted by molar-refractivity contribution is 0.102. The van der Waals surface area contributed by atoms with Crippen molar-refractivity contribution in [2.24, 2.45) is 0 Å². The second kappa shape index (κ2) is 5.06. The van der Waals surface area contributed by atoms with E-state index in [1.165, 1.54) is 24.3 Å². The van der Waals surface area contributed by atoms with Crippen molar-refractivity contribution < 1.29 is 14.3 Å². The van der Waals surface area contributed by atoms with Gasteiger partial charge in [0.15, 0.2) is 0 Å². The molecule has 0 aliphatic carbocycles. The van der Waals surface area contributed by atoms with Crippen molar-refractivity contribution in [1.82, 2.24) is 0 Å². The number of aromatic hydroxyl groups is 1. The van der Waals surface area contributed by atoms with Crippen molar-refractivity contribution in [3.05, 3.63) is 58.9 Å². The van der Waals surface area contributed by atoms with Gasteiger partial charge in [-0.3, -0.25) is 4.79 Å². The Balaban J connectivity index is 2.18. The number of carbonyl (C=O) groups excluding carboxylic acids is 1. The van der Waals surface area contributed by atoms with E-state index in [1.807, 2.05) is 0 Å². The first-order valence-electron chi connectivity index (χ1n) is 5.12. The largest absolute Gasteiger partial charge is 0.508 e. The fraction of sp³-hybridized carbons (Fsp3) is 0. The zero-order valence-corrected chi connectivity index (χ0v) is 9.91. The van der Waals surface area contributed by atoms with Gasteiger partial charge in [-0.1, -0.05) is 17.7 Å². The van der Waals surface area contributed by atoms with Crippen LogP contribution < -0.4 is 5.32 Å². The summed E-state index contributed by atoms with van der Waals surface area (Å²) in [6.45, 7) is 0. The second-order valence-electron chi connectivity index (χ2n) is 3.63. The van der Waals surface area contributed by atoms with E-state index in [1.54, 1.807) is 12.1 Å². The van der Waals surface area contributed by atoms with E-state index in [-0.39, 0.29) is 16.3 Å². The van der Waals surface area contributed by atoms with Crippen LogP contribution in [0.5, 0.6) is 5.75 Å². The maximum atomic E-state index is 13.2. The minimum atomic E-state index is -0.606. The Hall–Kier alpha value is -2.07. The van der Waals surface area contributed by atoms with E-state index in [0.717, 1.165) is 6.07 Å². The molecular formula is C13H9ClFNO2. The molecule has 0 aliphatic heterocycles. The summed E-state index contributed by atoms with van der Waals surface area (Å²) in [5, 5.41) is 11.7. The van der Waals surface area contributed by atoms with E-state index in [2.05, 4.69) is 5.32 Å². The number of benzene rings is 2. The highest BCUT2D eigenvalue weighted by Crippen LogP contribution is 2.19. The Morgan fingerprint density at radius 3 is 2.67 bits per heavy atom. The summed E-state index contributed by atoms with van der Waals surface area (Å²) >= 11 is 5.53. The number of amides is 1. The van der Waals surface area contributed by atoms with Crippen molar-refractivity contribution in [2.75, 3.05) is 5.32 Å². The maximum absolute atomic E-state index is 13.2. The van der Waals surface area contributed by atoms with Gasteiger partial charge in [-0.2, -0.15) is 0 Å². The van der Waals surface area contributed by atoms with Crippen LogP contribution in [-0.2, 0) is 0 Å². The number of carbonyl (C=O) groups is 1. The molecule has 0 saturated carbocycles. The molecule has 0 saturated heterocycles. The molecule has 0 heterocycles. The van der Waals surface area contributed by atoms with Crippen LogP contribution in [0.4, 0.5) is 10.1 Å². The van der Waals surface area contributed by atoms with E-state index in [0.29, 0.717) is 5.69 Å². The first-order valence-corrected chi connectivity index (χ1v) is 5.49. The molecule has 0 atom stereocenters. The second-order valence-corrected chi connectivity index (χ2v) is 4.04. The minimum absolute atomic E-state index is 0.00893. The van der Waals surface area contributed by atoms with E-state index >= 15 is 0 Å². The smallest absolute Gasteiger partial charge is 0.255 e. The maximum Gasteiger partial charge on any atom is 0.255 e. The lowest BCUT2D eigenvalue weighted by Gasteiger charge is -2.06. The predicted molar refractivity (Wildman–Crippen MR) is 67.5 cm³/mol. The molecule has 0 bridgehead atoms. The van der Waals surface area contributed by atoms with Gasteiger partial charge in [0, 0.05) is 11.3 Å². The van der Waals surface area contributed by atoms with Crippen molar-refractivity contribution >= 4 is 23.2 Å². The van der Waals surface area contributed by atoms with E-state index in [4.69, 9.17) is 11.6 Å². The highest BCUT2D eigenvalue weighted by atomic mass is 35.5. The fourth-order valence-corrected chi connectivity index (χ4v) is 1.54. The van der Waals surface area contributed by atoms with Gasteiger partial charge in [0.25, 0.3) is 5.91 Å². The summed E-state index contributed by atoms with van der Waals surface area (Å²) in [6, 6.07) is 9.85. The van der Waals surface area contributed by atoms with Crippen molar-refractivity contribution in [1.29, 1.82) is 0 Å². The van der Waals surface area contributed by atoms with Crippen molar-refractivity contribution in [3.63, 3.8) is 0 Å². The molecule has 18 heavy (non-hydrogen) atoms. The summed E-state index contributed by atoms with van der Waals surface area (Å²) in [6.07, 6.45) is 0. The average molecular weight is 266 g/mol.